The summed E-state index contributed by atoms with van der Waals surface area (Å²) >= 11 is 0. The van der Waals surface area contributed by atoms with Crippen LogP contribution >= 0.6 is 0 Å². The highest BCUT2D eigenvalue weighted by Crippen LogP contribution is 2.32. The monoisotopic (exact) mass is 347 g/mol. The summed E-state index contributed by atoms with van der Waals surface area (Å²) in [6.07, 6.45) is 2.96. The molecule has 1 aromatic heterocycles. The second-order valence-electron chi connectivity index (χ2n) is 6.86. The summed E-state index contributed by atoms with van der Waals surface area (Å²) in [6.45, 7) is 2.44. The van der Waals surface area contributed by atoms with Crippen LogP contribution in [-0.2, 0) is 24.1 Å². The maximum absolute atomic E-state index is 13.3. The fourth-order valence-electron chi connectivity index (χ4n) is 3.98. The predicted molar refractivity (Wildman–Crippen MR) is 102 cm³/mol. The van der Waals surface area contributed by atoms with E-state index in [2.05, 4.69) is 6.07 Å². The van der Waals surface area contributed by atoms with Gasteiger partial charge in [0.15, 0.2) is 0 Å². The van der Waals surface area contributed by atoms with Gasteiger partial charge in [0.1, 0.15) is 0 Å². The number of aromatic nitrogens is 1. The van der Waals surface area contributed by atoms with Crippen LogP contribution in [0.25, 0.3) is 10.8 Å². The molecule has 4 nitrogen and oxygen atoms in total. The molecule has 0 saturated heterocycles. The third-order valence-corrected chi connectivity index (χ3v) is 5.27. The lowest BCUT2D eigenvalue weighted by molar-refractivity contribution is 0.0603. The Kier molecular flexibility index (Phi) is 4.11. The van der Waals surface area contributed by atoms with Crippen LogP contribution in [0.5, 0.6) is 0 Å². The van der Waals surface area contributed by atoms with Gasteiger partial charge < -0.3 is 9.30 Å². The van der Waals surface area contributed by atoms with Crippen molar-refractivity contribution in [3.63, 3.8) is 0 Å². The van der Waals surface area contributed by atoms with Crippen molar-refractivity contribution in [1.82, 2.24) is 4.57 Å². The van der Waals surface area contributed by atoms with Crippen molar-refractivity contribution in [2.45, 2.75) is 32.7 Å². The normalized spacial score (nSPS) is 13.0. The molecule has 0 amide bonds. The molecule has 0 bridgehead atoms. The summed E-state index contributed by atoms with van der Waals surface area (Å²) in [6, 6.07) is 13.8. The molecule has 0 unspecified atom stereocenters. The molecule has 26 heavy (non-hydrogen) atoms. The Morgan fingerprint density at radius 2 is 1.92 bits per heavy atom. The van der Waals surface area contributed by atoms with Crippen molar-refractivity contribution in [2.75, 3.05) is 7.11 Å². The Balaban J connectivity index is 2.00. The lowest BCUT2D eigenvalue weighted by atomic mass is 9.96. The highest BCUT2D eigenvalue weighted by atomic mass is 16.5. The van der Waals surface area contributed by atoms with Gasteiger partial charge in [-0.1, -0.05) is 30.3 Å². The Morgan fingerprint density at radius 3 is 2.65 bits per heavy atom. The molecule has 3 aromatic rings. The van der Waals surface area contributed by atoms with Crippen LogP contribution in [0.15, 0.2) is 47.3 Å². The number of rotatable bonds is 3. The van der Waals surface area contributed by atoms with Gasteiger partial charge in [0.2, 0.25) is 0 Å². The molecule has 132 valence electrons. The topological polar surface area (TPSA) is 48.3 Å². The number of benzene rings is 2. The quantitative estimate of drug-likeness (QED) is 0.680. The van der Waals surface area contributed by atoms with Crippen LogP contribution in [0.1, 0.15) is 39.2 Å². The van der Waals surface area contributed by atoms with Gasteiger partial charge in [0, 0.05) is 5.69 Å². The van der Waals surface area contributed by atoms with Crippen molar-refractivity contribution in [2.24, 2.45) is 0 Å². The zero-order valence-corrected chi connectivity index (χ0v) is 15.0. The van der Waals surface area contributed by atoms with Gasteiger partial charge in [-0.15, -0.1) is 0 Å². The molecule has 1 aliphatic rings. The predicted octanol–water partition coefficient (Wildman–Crippen LogP) is 3.63. The first-order valence-electron chi connectivity index (χ1n) is 8.91. The number of fused-ring (bicyclic) bond motifs is 3. The van der Waals surface area contributed by atoms with Gasteiger partial charge in [-0.25, -0.2) is 4.79 Å². The molecule has 2 aromatic carbocycles. The largest absolute Gasteiger partial charge is 0.465 e. The number of pyridine rings is 1. The number of methoxy groups -OCH3 is 1. The van der Waals surface area contributed by atoms with E-state index in [1.54, 1.807) is 4.57 Å². The zero-order chi connectivity index (χ0) is 18.3. The Labute approximate surface area is 152 Å². The van der Waals surface area contributed by atoms with E-state index in [-0.39, 0.29) is 5.56 Å². The lowest BCUT2D eigenvalue weighted by Gasteiger charge is -2.16. The van der Waals surface area contributed by atoms with Crippen LogP contribution < -0.4 is 5.56 Å². The van der Waals surface area contributed by atoms with Gasteiger partial charge in [-0.3, -0.25) is 4.79 Å². The minimum Gasteiger partial charge on any atom is -0.465 e. The Morgan fingerprint density at radius 1 is 1.15 bits per heavy atom. The van der Waals surface area contributed by atoms with Crippen LogP contribution in [0.4, 0.5) is 0 Å². The standard InChI is InChI=1S/C22H21NO3/c1-14-11-18-17-10-6-9-16(17)12-19(22(25)26-2)20(18)21(24)23(14)13-15-7-4-3-5-8-15/h3-5,7-8,11-12H,6,9-10,13H2,1-2H3. The lowest BCUT2D eigenvalue weighted by Crippen LogP contribution is -2.25. The van der Waals surface area contributed by atoms with Crippen molar-refractivity contribution in [1.29, 1.82) is 0 Å². The van der Waals surface area contributed by atoms with E-state index in [9.17, 15) is 9.59 Å². The smallest absolute Gasteiger partial charge is 0.338 e. The second-order valence-corrected chi connectivity index (χ2v) is 6.86. The number of nitrogens with zero attached hydrogens (tertiary/aromatic N) is 1. The highest BCUT2D eigenvalue weighted by Gasteiger charge is 2.23. The summed E-state index contributed by atoms with van der Waals surface area (Å²) in [5, 5.41) is 1.39. The van der Waals surface area contributed by atoms with Crippen molar-refractivity contribution < 1.29 is 9.53 Å². The molecule has 0 fully saturated rings. The van der Waals surface area contributed by atoms with E-state index >= 15 is 0 Å². The van der Waals surface area contributed by atoms with E-state index in [1.165, 1.54) is 12.7 Å². The summed E-state index contributed by atoms with van der Waals surface area (Å²) < 4.78 is 6.70. The van der Waals surface area contributed by atoms with Crippen LogP contribution in [0, 0.1) is 6.92 Å². The van der Waals surface area contributed by atoms with E-state index in [0.717, 1.165) is 41.5 Å². The zero-order valence-electron chi connectivity index (χ0n) is 15.0. The number of hydrogen-bond donors (Lipinski definition) is 0. The number of carbonyl (C=O) groups is 1. The summed E-state index contributed by atoms with van der Waals surface area (Å²) in [5.74, 6) is -0.447. The first kappa shape index (κ1) is 16.6. The molecule has 0 radical (unpaired) electrons. The van der Waals surface area contributed by atoms with Crippen LogP contribution in [0.2, 0.25) is 0 Å². The molecule has 0 atom stereocenters. The highest BCUT2D eigenvalue weighted by molar-refractivity contribution is 6.06. The number of hydrogen-bond acceptors (Lipinski definition) is 3. The minimum atomic E-state index is -0.447. The summed E-state index contributed by atoms with van der Waals surface area (Å²) in [4.78, 5) is 25.7. The fourth-order valence-corrected chi connectivity index (χ4v) is 3.98. The molecule has 4 heteroatoms. The number of carbonyl (C=O) groups excluding carboxylic acids is 1. The first-order valence-corrected chi connectivity index (χ1v) is 8.91. The van der Waals surface area contributed by atoms with Gasteiger partial charge in [0.25, 0.3) is 5.56 Å². The third kappa shape index (κ3) is 2.62. The number of esters is 1. The Bertz CT molecular complexity index is 1060. The average molecular weight is 347 g/mol. The molecular formula is C22H21NO3. The minimum absolute atomic E-state index is 0.126. The van der Waals surface area contributed by atoms with E-state index in [1.807, 2.05) is 43.3 Å². The molecule has 0 saturated carbocycles. The maximum Gasteiger partial charge on any atom is 0.338 e. The molecular weight excluding hydrogens is 326 g/mol. The average Bonchev–Trinajstić information content (AvgIpc) is 3.13. The number of ether oxygens (including phenoxy) is 1. The SMILES string of the molecule is COC(=O)c1cc2c(c3cc(C)n(Cc4ccccc4)c(=O)c13)CCC2. The van der Waals surface area contributed by atoms with Gasteiger partial charge in [0.05, 0.1) is 24.6 Å². The summed E-state index contributed by atoms with van der Waals surface area (Å²) in [5.41, 5.74) is 4.59. The number of aryl methyl sites for hydroxylation is 3. The summed E-state index contributed by atoms with van der Waals surface area (Å²) in [7, 11) is 1.36. The van der Waals surface area contributed by atoms with E-state index < -0.39 is 5.97 Å². The maximum atomic E-state index is 13.3. The van der Waals surface area contributed by atoms with E-state index in [0.29, 0.717) is 17.5 Å². The van der Waals surface area contributed by atoms with Crippen LogP contribution in [0.3, 0.4) is 0 Å². The molecule has 1 aliphatic carbocycles. The molecule has 0 aliphatic heterocycles. The first-order chi connectivity index (χ1) is 12.6. The van der Waals surface area contributed by atoms with Gasteiger partial charge in [-0.05, 0) is 60.4 Å². The molecule has 0 spiro atoms. The van der Waals surface area contributed by atoms with Crippen molar-refractivity contribution in [3.8, 4) is 0 Å². The third-order valence-electron chi connectivity index (χ3n) is 5.27. The van der Waals surface area contributed by atoms with Gasteiger partial charge in [-0.2, -0.15) is 0 Å². The van der Waals surface area contributed by atoms with Crippen molar-refractivity contribution in [3.05, 3.63) is 80.8 Å². The van der Waals surface area contributed by atoms with Crippen LogP contribution in [-0.4, -0.2) is 17.6 Å². The Hall–Kier alpha value is -2.88. The molecule has 0 N–H and O–H groups in total. The molecule has 4 rings (SSSR count). The van der Waals surface area contributed by atoms with Gasteiger partial charge >= 0.3 is 5.97 Å². The second kappa shape index (κ2) is 6.45. The fraction of sp³-hybridized carbons (Fsp3) is 0.273. The molecule has 1 heterocycles. The van der Waals surface area contributed by atoms with E-state index in [4.69, 9.17) is 4.74 Å². The van der Waals surface area contributed by atoms with Crippen molar-refractivity contribution >= 4 is 16.7 Å².